The highest BCUT2D eigenvalue weighted by molar-refractivity contribution is 5.24. The fraction of sp³-hybridized carbons (Fsp3) is 0.750. The van der Waals surface area contributed by atoms with E-state index in [9.17, 15) is 0 Å². The first-order chi connectivity index (χ1) is 6.65. The summed E-state index contributed by atoms with van der Waals surface area (Å²) in [6.07, 6.45) is 3.43. The van der Waals surface area contributed by atoms with Crippen LogP contribution in [-0.4, -0.2) is 9.78 Å². The normalized spacial score (nSPS) is 11.3. The van der Waals surface area contributed by atoms with Crippen molar-refractivity contribution < 1.29 is 0 Å². The molecule has 0 N–H and O–H groups in total. The second-order valence-corrected chi connectivity index (χ2v) is 3.92. The molecular formula is C12H22N2. The van der Waals surface area contributed by atoms with Gasteiger partial charge in [0.15, 0.2) is 0 Å². The van der Waals surface area contributed by atoms with Crippen molar-refractivity contribution in [3.05, 3.63) is 17.0 Å². The van der Waals surface area contributed by atoms with Gasteiger partial charge in [0.1, 0.15) is 0 Å². The van der Waals surface area contributed by atoms with Crippen LogP contribution in [0.2, 0.25) is 0 Å². The van der Waals surface area contributed by atoms with E-state index in [4.69, 9.17) is 0 Å². The van der Waals surface area contributed by atoms with E-state index in [1.165, 1.54) is 29.8 Å². The van der Waals surface area contributed by atoms with Gasteiger partial charge in [-0.1, -0.05) is 20.8 Å². The highest BCUT2D eigenvalue weighted by Crippen LogP contribution is 2.21. The van der Waals surface area contributed by atoms with Gasteiger partial charge in [0, 0.05) is 5.69 Å². The van der Waals surface area contributed by atoms with E-state index in [0.717, 1.165) is 6.42 Å². The second-order valence-electron chi connectivity index (χ2n) is 3.92. The van der Waals surface area contributed by atoms with Crippen LogP contribution in [0.5, 0.6) is 0 Å². The molecule has 0 saturated heterocycles. The van der Waals surface area contributed by atoms with Gasteiger partial charge in [-0.05, 0) is 38.7 Å². The lowest BCUT2D eigenvalue weighted by molar-refractivity contribution is 0.418. The second kappa shape index (κ2) is 4.63. The van der Waals surface area contributed by atoms with Crippen LogP contribution in [0.1, 0.15) is 56.6 Å². The van der Waals surface area contributed by atoms with Gasteiger partial charge in [-0.3, -0.25) is 4.68 Å². The summed E-state index contributed by atoms with van der Waals surface area (Å²) in [6.45, 7) is 11.0. The summed E-state index contributed by atoms with van der Waals surface area (Å²) >= 11 is 0. The number of rotatable bonds is 4. The van der Waals surface area contributed by atoms with Crippen LogP contribution in [0.3, 0.4) is 0 Å². The predicted octanol–water partition coefficient (Wildman–Crippen LogP) is 3.42. The van der Waals surface area contributed by atoms with Crippen molar-refractivity contribution >= 4 is 0 Å². The third kappa shape index (κ3) is 1.84. The van der Waals surface area contributed by atoms with Crippen LogP contribution in [0.15, 0.2) is 0 Å². The first-order valence-corrected chi connectivity index (χ1v) is 5.70. The molecule has 0 unspecified atom stereocenters. The molecule has 2 heteroatoms. The monoisotopic (exact) mass is 194 g/mol. The summed E-state index contributed by atoms with van der Waals surface area (Å²) in [6, 6.07) is 0.578. The molecule has 0 amide bonds. The summed E-state index contributed by atoms with van der Waals surface area (Å²) in [7, 11) is 0. The van der Waals surface area contributed by atoms with Gasteiger partial charge in [0.05, 0.1) is 11.7 Å². The Bertz CT molecular complexity index is 296. The molecule has 80 valence electrons. The number of aryl methyl sites for hydroxylation is 1. The lowest BCUT2D eigenvalue weighted by atomic mass is 10.1. The molecule has 1 heterocycles. The maximum Gasteiger partial charge on any atom is 0.0628 e. The number of nitrogens with zero attached hydrogens (tertiary/aromatic N) is 2. The molecule has 1 aromatic heterocycles. The van der Waals surface area contributed by atoms with Crippen LogP contribution in [0.4, 0.5) is 0 Å². The first kappa shape index (κ1) is 11.3. The zero-order valence-corrected chi connectivity index (χ0v) is 10.1. The number of hydrogen-bond donors (Lipinski definition) is 0. The summed E-state index contributed by atoms with van der Waals surface area (Å²) in [5, 5.41) is 4.64. The van der Waals surface area contributed by atoms with Gasteiger partial charge in [-0.25, -0.2) is 0 Å². The number of aromatic nitrogens is 2. The summed E-state index contributed by atoms with van der Waals surface area (Å²) in [5.74, 6) is 0. The Labute approximate surface area is 87.3 Å². The van der Waals surface area contributed by atoms with Crippen molar-refractivity contribution in [2.75, 3.05) is 0 Å². The molecule has 0 bridgehead atoms. The minimum absolute atomic E-state index is 0.578. The summed E-state index contributed by atoms with van der Waals surface area (Å²) in [5.41, 5.74) is 3.99. The molecule has 0 fully saturated rings. The lowest BCUT2D eigenvalue weighted by Gasteiger charge is -2.15. The lowest BCUT2D eigenvalue weighted by Crippen LogP contribution is -2.10. The van der Waals surface area contributed by atoms with Crippen LogP contribution in [0.25, 0.3) is 0 Å². The van der Waals surface area contributed by atoms with Crippen molar-refractivity contribution in [1.29, 1.82) is 0 Å². The predicted molar refractivity (Wildman–Crippen MR) is 60.7 cm³/mol. The molecule has 0 aliphatic heterocycles. The molecule has 1 aromatic rings. The molecule has 14 heavy (non-hydrogen) atoms. The minimum atomic E-state index is 0.578. The number of hydrogen-bond acceptors (Lipinski definition) is 1. The van der Waals surface area contributed by atoms with Crippen LogP contribution in [0, 0.1) is 13.8 Å². The highest BCUT2D eigenvalue weighted by atomic mass is 15.3. The van der Waals surface area contributed by atoms with Gasteiger partial charge in [0.2, 0.25) is 0 Å². The summed E-state index contributed by atoms with van der Waals surface area (Å²) in [4.78, 5) is 0. The molecule has 2 nitrogen and oxygen atoms in total. The average Bonchev–Trinajstić information content (AvgIpc) is 2.45. The van der Waals surface area contributed by atoms with Crippen molar-refractivity contribution in [2.24, 2.45) is 0 Å². The van der Waals surface area contributed by atoms with E-state index in [2.05, 4.69) is 44.4 Å². The van der Waals surface area contributed by atoms with Gasteiger partial charge in [-0.2, -0.15) is 5.10 Å². The van der Waals surface area contributed by atoms with Gasteiger partial charge in [0.25, 0.3) is 0 Å². The fourth-order valence-corrected chi connectivity index (χ4v) is 2.20. The standard InChI is InChI=1S/C12H22N2/c1-6-11(7-2)14-10(5)12(8-3)9(4)13-14/h11H,6-8H2,1-5H3. The average molecular weight is 194 g/mol. The van der Waals surface area contributed by atoms with Crippen molar-refractivity contribution in [3.8, 4) is 0 Å². The van der Waals surface area contributed by atoms with Crippen molar-refractivity contribution in [2.45, 2.75) is 59.9 Å². The molecule has 1 rings (SSSR count). The highest BCUT2D eigenvalue weighted by Gasteiger charge is 2.14. The van der Waals surface area contributed by atoms with E-state index < -0.39 is 0 Å². The molecule has 0 aliphatic carbocycles. The van der Waals surface area contributed by atoms with E-state index >= 15 is 0 Å². The van der Waals surface area contributed by atoms with Crippen LogP contribution in [-0.2, 0) is 6.42 Å². The summed E-state index contributed by atoms with van der Waals surface area (Å²) < 4.78 is 2.22. The molecular weight excluding hydrogens is 172 g/mol. The van der Waals surface area contributed by atoms with Crippen molar-refractivity contribution in [1.82, 2.24) is 9.78 Å². The zero-order valence-electron chi connectivity index (χ0n) is 10.1. The van der Waals surface area contributed by atoms with Crippen LogP contribution < -0.4 is 0 Å². The van der Waals surface area contributed by atoms with E-state index in [1.807, 2.05) is 0 Å². The van der Waals surface area contributed by atoms with Gasteiger partial charge >= 0.3 is 0 Å². The molecule has 0 atom stereocenters. The Kier molecular flexibility index (Phi) is 3.73. The Morgan fingerprint density at radius 3 is 2.07 bits per heavy atom. The maximum absolute atomic E-state index is 4.64. The largest absolute Gasteiger partial charge is 0.266 e. The zero-order chi connectivity index (χ0) is 10.7. The molecule has 0 radical (unpaired) electrons. The van der Waals surface area contributed by atoms with E-state index in [-0.39, 0.29) is 0 Å². The Hall–Kier alpha value is -0.790. The smallest absolute Gasteiger partial charge is 0.0628 e. The first-order valence-electron chi connectivity index (χ1n) is 5.70. The Balaban J connectivity index is 3.09. The molecule has 0 spiro atoms. The molecule has 0 saturated carbocycles. The molecule has 0 aromatic carbocycles. The van der Waals surface area contributed by atoms with Crippen LogP contribution >= 0.6 is 0 Å². The fourth-order valence-electron chi connectivity index (χ4n) is 2.20. The van der Waals surface area contributed by atoms with E-state index in [1.54, 1.807) is 0 Å². The van der Waals surface area contributed by atoms with Crippen molar-refractivity contribution in [3.63, 3.8) is 0 Å². The third-order valence-corrected chi connectivity index (χ3v) is 3.12. The Morgan fingerprint density at radius 1 is 1.14 bits per heavy atom. The van der Waals surface area contributed by atoms with E-state index in [0.29, 0.717) is 6.04 Å². The SMILES string of the molecule is CCc1c(C)nn(C(CC)CC)c1C. The third-order valence-electron chi connectivity index (χ3n) is 3.12. The Morgan fingerprint density at radius 2 is 1.71 bits per heavy atom. The maximum atomic E-state index is 4.64. The molecule has 0 aliphatic rings. The quantitative estimate of drug-likeness (QED) is 0.718. The topological polar surface area (TPSA) is 17.8 Å². The van der Waals surface area contributed by atoms with Gasteiger partial charge in [-0.15, -0.1) is 0 Å². The minimum Gasteiger partial charge on any atom is -0.266 e. The van der Waals surface area contributed by atoms with Gasteiger partial charge < -0.3 is 0 Å².